The molecule has 4 nitrogen and oxygen atoms in total. The molecular weight excluding hydrogens is 334 g/mol. The first-order chi connectivity index (χ1) is 12.0. The summed E-state index contributed by atoms with van der Waals surface area (Å²) in [7, 11) is -3.62. The monoisotopic (exact) mass is 355 g/mol. The standard InChI is InChI=1S/C20H21NO3S/c22-19(13-25(23,24)16-8-2-1-3-9-16)21-20-17-10-4-6-14(17)12-15-7-5-11-18(15)20/h1-3,8-9,12H,4-7,10-11,13H2,(H,21,22). The molecule has 2 aliphatic rings. The normalized spacial score (nSPS) is 15.7. The van der Waals surface area contributed by atoms with Gasteiger partial charge in [-0.2, -0.15) is 0 Å². The van der Waals surface area contributed by atoms with Crippen molar-refractivity contribution in [3.05, 3.63) is 58.7 Å². The number of amides is 1. The molecule has 5 heteroatoms. The number of nitrogens with one attached hydrogen (secondary N) is 1. The highest BCUT2D eigenvalue weighted by Gasteiger charge is 2.26. The summed E-state index contributed by atoms with van der Waals surface area (Å²) in [5.41, 5.74) is 5.97. The van der Waals surface area contributed by atoms with Gasteiger partial charge in [0, 0.05) is 5.69 Å². The first-order valence-corrected chi connectivity index (χ1v) is 10.4. The fraction of sp³-hybridized carbons (Fsp3) is 0.350. The fourth-order valence-corrected chi connectivity index (χ4v) is 5.18. The average Bonchev–Trinajstić information content (AvgIpc) is 3.24. The van der Waals surface area contributed by atoms with Crippen LogP contribution in [0.2, 0.25) is 0 Å². The van der Waals surface area contributed by atoms with Gasteiger partial charge in [-0.1, -0.05) is 24.3 Å². The minimum atomic E-state index is -3.62. The lowest BCUT2D eigenvalue weighted by Gasteiger charge is -2.16. The fourth-order valence-electron chi connectivity index (χ4n) is 4.03. The Morgan fingerprint density at radius 2 is 1.52 bits per heavy atom. The maximum Gasteiger partial charge on any atom is 0.239 e. The second kappa shape index (κ2) is 6.30. The summed E-state index contributed by atoms with van der Waals surface area (Å²) in [5.74, 6) is -0.964. The van der Waals surface area contributed by atoms with Crippen LogP contribution in [-0.4, -0.2) is 20.1 Å². The second-order valence-corrected chi connectivity index (χ2v) is 8.84. The van der Waals surface area contributed by atoms with Gasteiger partial charge in [-0.15, -0.1) is 0 Å². The highest BCUT2D eigenvalue weighted by Crippen LogP contribution is 2.38. The van der Waals surface area contributed by atoms with Crippen LogP contribution in [0, 0.1) is 0 Å². The molecule has 2 aliphatic carbocycles. The smallest absolute Gasteiger partial charge is 0.239 e. The first kappa shape index (κ1) is 16.3. The Kier molecular flexibility index (Phi) is 4.12. The quantitative estimate of drug-likeness (QED) is 0.917. The molecule has 0 fully saturated rings. The SMILES string of the molecule is O=C(CS(=O)(=O)c1ccccc1)Nc1c2c(cc3c1CCC3)CCC2. The van der Waals surface area contributed by atoms with E-state index in [-0.39, 0.29) is 4.90 Å². The number of sulfone groups is 1. The molecule has 0 heterocycles. The third kappa shape index (κ3) is 3.09. The van der Waals surface area contributed by atoms with Gasteiger partial charge >= 0.3 is 0 Å². The Balaban J connectivity index is 1.60. The zero-order valence-corrected chi connectivity index (χ0v) is 14.9. The van der Waals surface area contributed by atoms with E-state index in [1.54, 1.807) is 18.2 Å². The topological polar surface area (TPSA) is 63.2 Å². The van der Waals surface area contributed by atoms with Crippen molar-refractivity contribution >= 4 is 21.4 Å². The van der Waals surface area contributed by atoms with Gasteiger partial charge in [-0.05, 0) is 72.9 Å². The van der Waals surface area contributed by atoms with Crippen LogP contribution in [0.1, 0.15) is 35.1 Å². The maximum absolute atomic E-state index is 12.5. The van der Waals surface area contributed by atoms with Gasteiger partial charge < -0.3 is 5.32 Å². The molecule has 0 spiro atoms. The highest BCUT2D eigenvalue weighted by atomic mass is 32.2. The molecule has 2 aromatic rings. The Hall–Kier alpha value is -2.14. The van der Waals surface area contributed by atoms with Crippen LogP contribution in [-0.2, 0) is 40.3 Å². The molecule has 0 aromatic heterocycles. The maximum atomic E-state index is 12.5. The molecule has 0 bridgehead atoms. The number of rotatable bonds is 4. The predicted molar refractivity (Wildman–Crippen MR) is 97.6 cm³/mol. The third-order valence-corrected chi connectivity index (χ3v) is 6.79. The minimum Gasteiger partial charge on any atom is -0.325 e. The van der Waals surface area contributed by atoms with E-state index in [9.17, 15) is 13.2 Å². The molecule has 0 saturated carbocycles. The molecule has 0 radical (unpaired) electrons. The van der Waals surface area contributed by atoms with Crippen LogP contribution in [0.3, 0.4) is 0 Å². The highest BCUT2D eigenvalue weighted by molar-refractivity contribution is 7.92. The number of carbonyl (C=O) groups is 1. The van der Waals surface area contributed by atoms with Gasteiger partial charge in [0.15, 0.2) is 9.84 Å². The van der Waals surface area contributed by atoms with Gasteiger partial charge in [-0.3, -0.25) is 4.79 Å². The first-order valence-electron chi connectivity index (χ1n) is 8.79. The van der Waals surface area contributed by atoms with Gasteiger partial charge in [0.2, 0.25) is 5.91 Å². The van der Waals surface area contributed by atoms with Gasteiger partial charge in [0.1, 0.15) is 5.75 Å². The Morgan fingerprint density at radius 3 is 2.12 bits per heavy atom. The van der Waals surface area contributed by atoms with E-state index in [1.165, 1.54) is 34.4 Å². The number of hydrogen-bond acceptors (Lipinski definition) is 3. The Labute approximate surface area is 148 Å². The molecule has 0 atom stereocenters. The number of benzene rings is 2. The van der Waals surface area contributed by atoms with Gasteiger partial charge in [-0.25, -0.2) is 8.42 Å². The van der Waals surface area contributed by atoms with Crippen molar-refractivity contribution in [1.29, 1.82) is 0 Å². The second-order valence-electron chi connectivity index (χ2n) is 6.85. The van der Waals surface area contributed by atoms with E-state index >= 15 is 0 Å². The van der Waals surface area contributed by atoms with E-state index in [0.29, 0.717) is 0 Å². The van der Waals surface area contributed by atoms with Crippen molar-refractivity contribution in [1.82, 2.24) is 0 Å². The lowest BCUT2D eigenvalue weighted by molar-refractivity contribution is -0.113. The van der Waals surface area contributed by atoms with E-state index in [2.05, 4.69) is 11.4 Å². The Morgan fingerprint density at radius 1 is 0.920 bits per heavy atom. The van der Waals surface area contributed by atoms with Crippen molar-refractivity contribution in [3.8, 4) is 0 Å². The predicted octanol–water partition coefficient (Wildman–Crippen LogP) is 3.08. The third-order valence-electron chi connectivity index (χ3n) is 5.16. The Bertz CT molecular complexity index is 901. The van der Waals surface area contributed by atoms with E-state index in [4.69, 9.17) is 0 Å². The van der Waals surface area contributed by atoms with Crippen molar-refractivity contribution < 1.29 is 13.2 Å². The average molecular weight is 355 g/mol. The van der Waals surface area contributed by atoms with Crippen LogP contribution in [0.5, 0.6) is 0 Å². The van der Waals surface area contributed by atoms with Crippen molar-refractivity contribution in [2.45, 2.75) is 43.4 Å². The summed E-state index contributed by atoms with van der Waals surface area (Å²) in [6, 6.07) is 10.4. The van der Waals surface area contributed by atoms with Crippen molar-refractivity contribution in [2.24, 2.45) is 0 Å². The zero-order valence-electron chi connectivity index (χ0n) is 14.0. The van der Waals surface area contributed by atoms with E-state index in [0.717, 1.165) is 44.2 Å². The summed E-state index contributed by atoms with van der Waals surface area (Å²) >= 11 is 0. The summed E-state index contributed by atoms with van der Waals surface area (Å²) in [4.78, 5) is 12.7. The lowest BCUT2D eigenvalue weighted by Crippen LogP contribution is -2.24. The summed E-state index contributed by atoms with van der Waals surface area (Å²) in [6.07, 6.45) is 6.22. The largest absolute Gasteiger partial charge is 0.325 e. The van der Waals surface area contributed by atoms with Crippen LogP contribution in [0.4, 0.5) is 5.69 Å². The van der Waals surface area contributed by atoms with E-state index < -0.39 is 21.5 Å². The molecule has 25 heavy (non-hydrogen) atoms. The van der Waals surface area contributed by atoms with Crippen LogP contribution < -0.4 is 5.32 Å². The summed E-state index contributed by atoms with van der Waals surface area (Å²) < 4.78 is 24.9. The molecule has 2 aromatic carbocycles. The zero-order chi connectivity index (χ0) is 17.4. The van der Waals surface area contributed by atoms with Crippen LogP contribution in [0.15, 0.2) is 41.3 Å². The summed E-state index contributed by atoms with van der Waals surface area (Å²) in [6.45, 7) is 0. The van der Waals surface area contributed by atoms with Crippen LogP contribution >= 0.6 is 0 Å². The molecule has 0 saturated heterocycles. The minimum absolute atomic E-state index is 0.189. The number of carbonyl (C=O) groups excluding carboxylic acids is 1. The lowest BCUT2D eigenvalue weighted by atomic mass is 9.98. The number of anilines is 1. The molecule has 0 aliphatic heterocycles. The molecule has 1 amide bonds. The number of hydrogen-bond donors (Lipinski definition) is 1. The van der Waals surface area contributed by atoms with Gasteiger partial charge in [0.25, 0.3) is 0 Å². The molecule has 0 unspecified atom stereocenters. The number of fused-ring (bicyclic) bond motifs is 2. The summed E-state index contributed by atoms with van der Waals surface area (Å²) in [5, 5.41) is 2.95. The van der Waals surface area contributed by atoms with Crippen LogP contribution in [0.25, 0.3) is 0 Å². The molecular formula is C20H21NO3S. The molecule has 130 valence electrons. The van der Waals surface area contributed by atoms with Gasteiger partial charge in [0.05, 0.1) is 4.90 Å². The van der Waals surface area contributed by atoms with Crippen molar-refractivity contribution in [2.75, 3.05) is 11.1 Å². The van der Waals surface area contributed by atoms with Crippen molar-refractivity contribution in [3.63, 3.8) is 0 Å². The number of aryl methyl sites for hydroxylation is 2. The molecule has 4 rings (SSSR count). The van der Waals surface area contributed by atoms with E-state index in [1.807, 2.05) is 0 Å². The molecule has 1 N–H and O–H groups in total.